The van der Waals surface area contributed by atoms with Gasteiger partial charge in [0.1, 0.15) is 0 Å². The van der Waals surface area contributed by atoms with E-state index in [0.29, 0.717) is 0 Å². The van der Waals surface area contributed by atoms with Gasteiger partial charge in [-0.25, -0.2) is 0 Å². The molecule has 0 radical (unpaired) electrons. The minimum absolute atomic E-state index is 0. The van der Waals surface area contributed by atoms with Crippen LogP contribution in [0.15, 0.2) is 24.3 Å². The van der Waals surface area contributed by atoms with Crippen LogP contribution in [0.3, 0.4) is 0 Å². The van der Waals surface area contributed by atoms with Gasteiger partial charge in [0.15, 0.2) is 0 Å². The first-order chi connectivity index (χ1) is 6.68. The van der Waals surface area contributed by atoms with E-state index in [4.69, 9.17) is 13.3 Å². The van der Waals surface area contributed by atoms with Gasteiger partial charge in [0, 0.05) is 26.5 Å². The maximum Gasteiger partial charge on any atom is 0.536 e. The SMILES string of the molecule is CO[Si](OC)(OC)c1ccc(C)cc1.[SiH4]. The Hall–Kier alpha value is -0.466. The molecule has 15 heavy (non-hydrogen) atoms. The largest absolute Gasteiger partial charge is 0.536 e. The first-order valence-corrected chi connectivity index (χ1v) is 6.13. The smallest absolute Gasteiger partial charge is 0.373 e. The highest BCUT2D eigenvalue weighted by Gasteiger charge is 2.40. The Bertz CT molecular complexity index is 275. The summed E-state index contributed by atoms with van der Waals surface area (Å²) in [5.74, 6) is 0. The van der Waals surface area contributed by atoms with Gasteiger partial charge in [-0.15, -0.1) is 0 Å². The van der Waals surface area contributed by atoms with Crippen molar-refractivity contribution in [2.75, 3.05) is 21.3 Å². The van der Waals surface area contributed by atoms with E-state index in [2.05, 4.69) is 0 Å². The van der Waals surface area contributed by atoms with Crippen LogP contribution in [0.4, 0.5) is 0 Å². The van der Waals surface area contributed by atoms with Crippen LogP contribution in [-0.2, 0) is 13.3 Å². The van der Waals surface area contributed by atoms with E-state index in [0.717, 1.165) is 5.19 Å². The Morgan fingerprint density at radius 3 is 1.60 bits per heavy atom. The molecular weight excluding hydrogens is 224 g/mol. The first kappa shape index (κ1) is 14.5. The highest BCUT2D eigenvalue weighted by atomic mass is 28.4. The Morgan fingerprint density at radius 2 is 1.27 bits per heavy atom. The number of aryl methyl sites for hydroxylation is 1. The molecule has 0 N–H and O–H groups in total. The number of benzene rings is 1. The van der Waals surface area contributed by atoms with Crippen molar-refractivity contribution in [2.24, 2.45) is 0 Å². The second-order valence-electron chi connectivity index (χ2n) is 3.03. The third-order valence-electron chi connectivity index (χ3n) is 2.21. The zero-order valence-corrected chi connectivity index (χ0v) is 10.0. The van der Waals surface area contributed by atoms with E-state index in [9.17, 15) is 0 Å². The molecule has 1 aromatic carbocycles. The van der Waals surface area contributed by atoms with Gasteiger partial charge < -0.3 is 13.3 Å². The Kier molecular flexibility index (Phi) is 6.00. The molecule has 0 saturated carbocycles. The van der Waals surface area contributed by atoms with Gasteiger partial charge in [0.05, 0.1) is 0 Å². The molecule has 1 aromatic rings. The van der Waals surface area contributed by atoms with Crippen LogP contribution in [0.1, 0.15) is 5.56 Å². The number of rotatable bonds is 4. The van der Waals surface area contributed by atoms with Gasteiger partial charge in [-0.1, -0.05) is 29.8 Å². The van der Waals surface area contributed by atoms with Crippen molar-refractivity contribution in [1.82, 2.24) is 0 Å². The third-order valence-corrected chi connectivity index (χ3v) is 4.86. The van der Waals surface area contributed by atoms with Crippen LogP contribution in [0, 0.1) is 6.92 Å². The van der Waals surface area contributed by atoms with E-state index in [1.165, 1.54) is 5.56 Å². The summed E-state index contributed by atoms with van der Waals surface area (Å²) in [6.45, 7) is 2.04. The molecule has 0 fully saturated rings. The fourth-order valence-electron chi connectivity index (χ4n) is 1.36. The molecule has 0 atom stereocenters. The quantitative estimate of drug-likeness (QED) is 0.677. The zero-order valence-electron chi connectivity index (χ0n) is 9.03. The average Bonchev–Trinajstić information content (AvgIpc) is 2.24. The van der Waals surface area contributed by atoms with E-state index in [1.807, 2.05) is 31.2 Å². The summed E-state index contributed by atoms with van der Waals surface area (Å²) in [6.07, 6.45) is 0. The van der Waals surface area contributed by atoms with Gasteiger partial charge in [0.2, 0.25) is 0 Å². The third kappa shape index (κ3) is 2.99. The lowest BCUT2D eigenvalue weighted by Crippen LogP contribution is -2.54. The minimum Gasteiger partial charge on any atom is -0.373 e. The van der Waals surface area contributed by atoms with Crippen LogP contribution < -0.4 is 5.19 Å². The maximum atomic E-state index is 5.36. The van der Waals surface area contributed by atoms with E-state index >= 15 is 0 Å². The fourth-order valence-corrected chi connectivity index (χ4v) is 3.14. The fraction of sp³-hybridized carbons (Fsp3) is 0.400. The lowest BCUT2D eigenvalue weighted by molar-refractivity contribution is 0.140. The van der Waals surface area contributed by atoms with Crippen molar-refractivity contribution in [3.63, 3.8) is 0 Å². The molecule has 0 spiro atoms. The van der Waals surface area contributed by atoms with Crippen LogP contribution in [0.2, 0.25) is 0 Å². The molecule has 0 heterocycles. The van der Waals surface area contributed by atoms with Crippen molar-refractivity contribution < 1.29 is 13.3 Å². The minimum atomic E-state index is -2.62. The summed E-state index contributed by atoms with van der Waals surface area (Å²) in [7, 11) is 2.21. The van der Waals surface area contributed by atoms with Crippen LogP contribution >= 0.6 is 0 Å². The lowest BCUT2D eigenvalue weighted by Gasteiger charge is -2.24. The molecule has 0 aliphatic heterocycles. The molecular formula is C10H20O3Si2. The topological polar surface area (TPSA) is 27.7 Å². The number of hydrogen-bond acceptors (Lipinski definition) is 3. The average molecular weight is 244 g/mol. The van der Waals surface area contributed by atoms with Gasteiger partial charge in [-0.05, 0) is 17.9 Å². The highest BCUT2D eigenvalue weighted by molar-refractivity contribution is 6.75. The molecule has 5 heteroatoms. The normalized spacial score (nSPS) is 10.9. The zero-order chi connectivity index (χ0) is 10.6. The highest BCUT2D eigenvalue weighted by Crippen LogP contribution is 2.07. The summed E-state index contributed by atoms with van der Waals surface area (Å²) in [4.78, 5) is 0. The molecule has 0 aliphatic rings. The van der Waals surface area contributed by atoms with E-state index in [-0.39, 0.29) is 11.0 Å². The van der Waals surface area contributed by atoms with Crippen molar-refractivity contribution >= 4 is 25.0 Å². The summed E-state index contributed by atoms with van der Waals surface area (Å²) in [5, 5.41) is 0.982. The second-order valence-corrected chi connectivity index (χ2v) is 5.95. The Morgan fingerprint density at radius 1 is 0.867 bits per heavy atom. The summed E-state index contributed by atoms with van der Waals surface area (Å²) >= 11 is 0. The van der Waals surface area contributed by atoms with Crippen molar-refractivity contribution in [3.05, 3.63) is 29.8 Å². The van der Waals surface area contributed by atoms with E-state index in [1.54, 1.807) is 21.3 Å². The van der Waals surface area contributed by atoms with Gasteiger partial charge in [-0.2, -0.15) is 0 Å². The monoisotopic (exact) mass is 244 g/mol. The molecule has 0 unspecified atom stereocenters. The number of hydrogen-bond donors (Lipinski definition) is 0. The molecule has 3 nitrogen and oxygen atoms in total. The summed E-state index contributed by atoms with van der Waals surface area (Å²) in [5.41, 5.74) is 1.21. The van der Waals surface area contributed by atoms with Crippen molar-refractivity contribution in [2.45, 2.75) is 6.92 Å². The summed E-state index contributed by atoms with van der Waals surface area (Å²) < 4.78 is 16.1. The lowest BCUT2D eigenvalue weighted by atomic mass is 10.2. The van der Waals surface area contributed by atoms with E-state index < -0.39 is 8.80 Å². The van der Waals surface area contributed by atoms with Crippen molar-refractivity contribution in [3.8, 4) is 0 Å². The molecule has 0 saturated heterocycles. The van der Waals surface area contributed by atoms with Crippen LogP contribution in [0.5, 0.6) is 0 Å². The molecule has 1 rings (SSSR count). The molecule has 0 aromatic heterocycles. The van der Waals surface area contributed by atoms with Crippen LogP contribution in [-0.4, -0.2) is 41.1 Å². The Labute approximate surface area is 96.8 Å². The first-order valence-electron chi connectivity index (χ1n) is 4.41. The molecule has 0 amide bonds. The van der Waals surface area contributed by atoms with Gasteiger partial charge in [0.25, 0.3) is 0 Å². The predicted octanol–water partition coefficient (Wildman–Crippen LogP) is -0.371. The van der Waals surface area contributed by atoms with Gasteiger partial charge >= 0.3 is 8.80 Å². The van der Waals surface area contributed by atoms with Crippen molar-refractivity contribution in [1.29, 1.82) is 0 Å². The molecule has 0 bridgehead atoms. The summed E-state index contributed by atoms with van der Waals surface area (Å²) in [6, 6.07) is 8.01. The standard InChI is InChI=1S/C10H16O3Si.H4Si/c1-9-5-7-10(8-6-9)14(11-2,12-3)13-4;/h5-8H,1-4H3;1H4. The predicted molar refractivity (Wildman–Crippen MR) is 68.9 cm³/mol. The Balaban J connectivity index is 0.00000196. The molecule has 86 valence electrons. The van der Waals surface area contributed by atoms with Gasteiger partial charge in [-0.3, -0.25) is 0 Å². The van der Waals surface area contributed by atoms with Crippen LogP contribution in [0.25, 0.3) is 0 Å². The maximum absolute atomic E-state index is 5.36. The second kappa shape index (κ2) is 6.19. The molecule has 0 aliphatic carbocycles.